The van der Waals surface area contributed by atoms with Crippen molar-refractivity contribution in [3.8, 4) is 16.9 Å². The van der Waals surface area contributed by atoms with Gasteiger partial charge in [0, 0.05) is 5.56 Å². The Labute approximate surface area is 118 Å². The van der Waals surface area contributed by atoms with Crippen LogP contribution in [0, 0.1) is 0 Å². The van der Waals surface area contributed by atoms with E-state index < -0.39 is 0 Å². The first-order chi connectivity index (χ1) is 9.10. The second-order valence-electron chi connectivity index (χ2n) is 4.55. The molecule has 0 fully saturated rings. The molecule has 0 saturated heterocycles. The predicted molar refractivity (Wildman–Crippen MR) is 78.0 cm³/mol. The average Bonchev–Trinajstić information content (AvgIpc) is 2.38. The molecule has 0 amide bonds. The van der Waals surface area contributed by atoms with Crippen LogP contribution in [0.3, 0.4) is 0 Å². The lowest BCUT2D eigenvalue weighted by atomic mass is 10.0. The van der Waals surface area contributed by atoms with Crippen molar-refractivity contribution in [3.05, 3.63) is 53.1 Å². The Morgan fingerprint density at radius 2 is 1.84 bits per heavy atom. The summed E-state index contributed by atoms with van der Waals surface area (Å²) < 4.78 is 5.66. The van der Waals surface area contributed by atoms with Crippen LogP contribution in [0.5, 0.6) is 5.75 Å². The fraction of sp³-hybridized carbons (Fsp3) is 0.188. The minimum absolute atomic E-state index is 0.135. The fourth-order valence-electron chi connectivity index (χ4n) is 1.82. The number of benzene rings is 2. The lowest BCUT2D eigenvalue weighted by molar-refractivity contribution is 0.112. The van der Waals surface area contributed by atoms with Gasteiger partial charge in [-0.15, -0.1) is 0 Å². The smallest absolute Gasteiger partial charge is 0.151 e. The van der Waals surface area contributed by atoms with Crippen molar-refractivity contribution < 1.29 is 9.53 Å². The van der Waals surface area contributed by atoms with Crippen molar-refractivity contribution in [2.45, 2.75) is 20.0 Å². The van der Waals surface area contributed by atoms with E-state index in [4.69, 9.17) is 16.3 Å². The van der Waals surface area contributed by atoms with E-state index in [1.807, 2.05) is 44.2 Å². The van der Waals surface area contributed by atoms with Crippen molar-refractivity contribution in [1.29, 1.82) is 0 Å². The molecule has 0 heterocycles. The molecule has 0 saturated carbocycles. The van der Waals surface area contributed by atoms with E-state index in [1.54, 1.807) is 12.1 Å². The molecule has 0 unspecified atom stereocenters. The van der Waals surface area contributed by atoms with Gasteiger partial charge in [-0.25, -0.2) is 0 Å². The van der Waals surface area contributed by atoms with E-state index in [-0.39, 0.29) is 6.10 Å². The summed E-state index contributed by atoms with van der Waals surface area (Å²) in [6.45, 7) is 3.98. The van der Waals surface area contributed by atoms with Gasteiger partial charge in [0.05, 0.1) is 11.1 Å². The molecule has 2 nitrogen and oxygen atoms in total. The van der Waals surface area contributed by atoms with Crippen LogP contribution in [0.25, 0.3) is 11.1 Å². The van der Waals surface area contributed by atoms with Gasteiger partial charge in [0.15, 0.2) is 6.29 Å². The maximum Gasteiger partial charge on any atom is 0.151 e. The van der Waals surface area contributed by atoms with Gasteiger partial charge >= 0.3 is 0 Å². The van der Waals surface area contributed by atoms with Crippen LogP contribution < -0.4 is 4.74 Å². The number of carbonyl (C=O) groups excluding carboxylic acids is 1. The Morgan fingerprint density at radius 1 is 1.11 bits per heavy atom. The third-order valence-electron chi connectivity index (χ3n) is 2.67. The van der Waals surface area contributed by atoms with Crippen LogP contribution in [-0.4, -0.2) is 12.4 Å². The molecule has 2 aromatic carbocycles. The summed E-state index contributed by atoms with van der Waals surface area (Å²) in [5.41, 5.74) is 2.47. The second-order valence-corrected chi connectivity index (χ2v) is 4.96. The standard InChI is InChI=1S/C16H15ClO2/c1-11(2)19-15-5-3-4-12(8-15)13-6-7-14(10-18)16(17)9-13/h3-11H,1-2H3. The quantitative estimate of drug-likeness (QED) is 0.761. The molecule has 0 N–H and O–H groups in total. The van der Waals surface area contributed by atoms with Gasteiger partial charge in [0.25, 0.3) is 0 Å². The zero-order chi connectivity index (χ0) is 13.8. The fourth-order valence-corrected chi connectivity index (χ4v) is 2.05. The van der Waals surface area contributed by atoms with Crippen molar-refractivity contribution in [2.24, 2.45) is 0 Å². The van der Waals surface area contributed by atoms with Crippen LogP contribution in [0.2, 0.25) is 5.02 Å². The van der Waals surface area contributed by atoms with E-state index >= 15 is 0 Å². The molecule has 0 aliphatic rings. The summed E-state index contributed by atoms with van der Waals surface area (Å²) in [7, 11) is 0. The second kappa shape index (κ2) is 5.89. The number of ether oxygens (including phenoxy) is 1. The number of aldehydes is 1. The molecular weight excluding hydrogens is 260 g/mol. The normalized spacial score (nSPS) is 10.5. The molecule has 98 valence electrons. The highest BCUT2D eigenvalue weighted by Crippen LogP contribution is 2.27. The van der Waals surface area contributed by atoms with Crippen LogP contribution in [0.1, 0.15) is 24.2 Å². The summed E-state index contributed by atoms with van der Waals surface area (Å²) >= 11 is 6.04. The molecule has 2 aromatic rings. The van der Waals surface area contributed by atoms with Crippen LogP contribution in [0.15, 0.2) is 42.5 Å². The van der Waals surface area contributed by atoms with Gasteiger partial charge in [0.1, 0.15) is 5.75 Å². The van der Waals surface area contributed by atoms with E-state index in [2.05, 4.69) is 0 Å². The highest BCUT2D eigenvalue weighted by Gasteiger charge is 2.05. The Balaban J connectivity index is 2.36. The van der Waals surface area contributed by atoms with Crippen molar-refractivity contribution in [3.63, 3.8) is 0 Å². The third kappa shape index (κ3) is 3.36. The monoisotopic (exact) mass is 274 g/mol. The van der Waals surface area contributed by atoms with E-state index in [0.29, 0.717) is 10.6 Å². The molecule has 0 aliphatic heterocycles. The van der Waals surface area contributed by atoms with Gasteiger partial charge in [-0.2, -0.15) is 0 Å². The topological polar surface area (TPSA) is 26.3 Å². The Hall–Kier alpha value is -1.80. The lowest BCUT2D eigenvalue weighted by Gasteiger charge is -2.11. The third-order valence-corrected chi connectivity index (χ3v) is 2.99. The van der Waals surface area contributed by atoms with E-state index in [9.17, 15) is 4.79 Å². The maximum atomic E-state index is 10.7. The number of halogens is 1. The maximum absolute atomic E-state index is 10.7. The first kappa shape index (κ1) is 13.6. The number of rotatable bonds is 4. The first-order valence-corrected chi connectivity index (χ1v) is 6.50. The Morgan fingerprint density at radius 3 is 2.47 bits per heavy atom. The highest BCUT2D eigenvalue weighted by atomic mass is 35.5. The van der Waals surface area contributed by atoms with Crippen LogP contribution in [-0.2, 0) is 0 Å². The summed E-state index contributed by atoms with van der Waals surface area (Å²) in [6.07, 6.45) is 0.890. The van der Waals surface area contributed by atoms with E-state index in [1.165, 1.54) is 0 Å². The van der Waals surface area contributed by atoms with E-state index in [0.717, 1.165) is 23.2 Å². The highest BCUT2D eigenvalue weighted by molar-refractivity contribution is 6.33. The molecule has 2 rings (SSSR count). The van der Waals surface area contributed by atoms with Gasteiger partial charge in [-0.3, -0.25) is 4.79 Å². The van der Waals surface area contributed by atoms with Crippen molar-refractivity contribution >= 4 is 17.9 Å². The summed E-state index contributed by atoms with van der Waals surface area (Å²) in [4.78, 5) is 10.7. The van der Waals surface area contributed by atoms with Gasteiger partial charge in [0.2, 0.25) is 0 Å². The zero-order valence-electron chi connectivity index (χ0n) is 10.9. The van der Waals surface area contributed by atoms with Gasteiger partial charge in [-0.05, 0) is 49.2 Å². The number of carbonyl (C=O) groups is 1. The van der Waals surface area contributed by atoms with Crippen LogP contribution in [0.4, 0.5) is 0 Å². The molecule has 0 spiro atoms. The Kier molecular flexibility index (Phi) is 4.23. The molecular formula is C16H15ClO2. The zero-order valence-corrected chi connectivity index (χ0v) is 11.6. The molecule has 3 heteroatoms. The first-order valence-electron chi connectivity index (χ1n) is 6.12. The SMILES string of the molecule is CC(C)Oc1cccc(-c2ccc(C=O)c(Cl)c2)c1. The average molecular weight is 275 g/mol. The van der Waals surface area contributed by atoms with Crippen molar-refractivity contribution in [2.75, 3.05) is 0 Å². The number of hydrogen-bond donors (Lipinski definition) is 0. The molecule has 0 aliphatic carbocycles. The van der Waals surface area contributed by atoms with Crippen LogP contribution >= 0.6 is 11.6 Å². The molecule has 0 bridgehead atoms. The predicted octanol–water partition coefficient (Wildman–Crippen LogP) is 4.61. The van der Waals surface area contributed by atoms with Crippen molar-refractivity contribution in [1.82, 2.24) is 0 Å². The van der Waals surface area contributed by atoms with Gasteiger partial charge in [-0.1, -0.05) is 29.8 Å². The summed E-state index contributed by atoms with van der Waals surface area (Å²) in [5.74, 6) is 0.822. The molecule has 19 heavy (non-hydrogen) atoms. The molecule has 0 radical (unpaired) electrons. The molecule has 0 aromatic heterocycles. The minimum atomic E-state index is 0.135. The molecule has 0 atom stereocenters. The largest absolute Gasteiger partial charge is 0.491 e. The minimum Gasteiger partial charge on any atom is -0.491 e. The number of hydrogen-bond acceptors (Lipinski definition) is 2. The summed E-state index contributed by atoms with van der Waals surface area (Å²) in [6, 6.07) is 13.2. The van der Waals surface area contributed by atoms with Gasteiger partial charge < -0.3 is 4.74 Å². The lowest BCUT2D eigenvalue weighted by Crippen LogP contribution is -2.05. The summed E-state index contributed by atoms with van der Waals surface area (Å²) in [5, 5.41) is 0.461. The Bertz CT molecular complexity index is 591.